The number of hydrogen-bond donors (Lipinski definition) is 0. The first-order valence-corrected chi connectivity index (χ1v) is 26.4. The van der Waals surface area contributed by atoms with E-state index in [2.05, 4.69) is 118 Å². The minimum Gasteiger partial charge on any atom is -0.462 e. The van der Waals surface area contributed by atoms with Crippen LogP contribution in [0.5, 0.6) is 0 Å². The molecule has 0 heterocycles. The van der Waals surface area contributed by atoms with Gasteiger partial charge < -0.3 is 14.2 Å². The summed E-state index contributed by atoms with van der Waals surface area (Å²) in [5.41, 5.74) is 0. The standard InChI is InChI=1S/C59H96O6/c1-4-7-10-13-16-19-22-24-26-28-29-31-33-35-38-40-43-46-49-52-58(61)64-55-56(65-59(62)53-50-47-44-41-36-21-18-15-12-9-6-3)54-63-57(60)51-48-45-42-39-37-34-32-30-27-25-23-20-17-14-11-8-5-2/h16-17,19-20,24-27,29,31-32,34-35,38-39,42-43,46,56H,4-15,18,21-23,28,30,33,36-37,40-41,44-45,47-55H2,1-3H3/b19-16-,20-17-,26-24-,27-25-,31-29-,34-32-,38-35-,42-39-,46-43-/t56-/m0/s1. The van der Waals surface area contributed by atoms with Gasteiger partial charge in [0.25, 0.3) is 0 Å². The molecule has 0 rings (SSSR count). The summed E-state index contributed by atoms with van der Waals surface area (Å²) >= 11 is 0. The van der Waals surface area contributed by atoms with Crippen LogP contribution in [0, 0.1) is 0 Å². The van der Waals surface area contributed by atoms with Gasteiger partial charge in [-0.25, -0.2) is 0 Å². The molecule has 0 saturated heterocycles. The van der Waals surface area contributed by atoms with Crippen molar-refractivity contribution in [1.29, 1.82) is 0 Å². The Balaban J connectivity index is 4.56. The third-order valence-corrected chi connectivity index (χ3v) is 10.8. The van der Waals surface area contributed by atoms with E-state index >= 15 is 0 Å². The Bertz CT molecular complexity index is 1360. The predicted octanol–water partition coefficient (Wildman–Crippen LogP) is 17.5. The molecule has 0 aliphatic rings. The average Bonchev–Trinajstić information content (AvgIpc) is 3.30. The van der Waals surface area contributed by atoms with Crippen LogP contribution in [0.3, 0.4) is 0 Å². The number of esters is 3. The Morgan fingerprint density at radius 1 is 0.308 bits per heavy atom. The van der Waals surface area contributed by atoms with Gasteiger partial charge in [-0.3, -0.25) is 14.4 Å². The number of unbranched alkanes of at least 4 members (excludes halogenated alkanes) is 17. The van der Waals surface area contributed by atoms with Crippen molar-refractivity contribution in [2.45, 2.75) is 232 Å². The first-order chi connectivity index (χ1) is 32.0. The van der Waals surface area contributed by atoms with Gasteiger partial charge in [0, 0.05) is 19.3 Å². The van der Waals surface area contributed by atoms with Crippen LogP contribution in [0.4, 0.5) is 0 Å². The van der Waals surface area contributed by atoms with E-state index in [1.807, 2.05) is 12.2 Å². The highest BCUT2D eigenvalue weighted by Crippen LogP contribution is 2.13. The van der Waals surface area contributed by atoms with Gasteiger partial charge in [0.1, 0.15) is 13.2 Å². The molecule has 0 spiro atoms. The van der Waals surface area contributed by atoms with Gasteiger partial charge in [-0.1, -0.05) is 220 Å². The van der Waals surface area contributed by atoms with Crippen molar-refractivity contribution in [1.82, 2.24) is 0 Å². The lowest BCUT2D eigenvalue weighted by Crippen LogP contribution is -2.30. The maximum atomic E-state index is 12.8. The summed E-state index contributed by atoms with van der Waals surface area (Å²) in [7, 11) is 0. The summed E-state index contributed by atoms with van der Waals surface area (Å²) in [5, 5.41) is 0. The molecule has 0 unspecified atom stereocenters. The van der Waals surface area contributed by atoms with E-state index in [0.717, 1.165) is 70.6 Å². The van der Waals surface area contributed by atoms with E-state index in [1.165, 1.54) is 103 Å². The molecule has 0 fully saturated rings. The van der Waals surface area contributed by atoms with E-state index in [9.17, 15) is 14.4 Å². The van der Waals surface area contributed by atoms with E-state index in [1.54, 1.807) is 0 Å². The van der Waals surface area contributed by atoms with Crippen LogP contribution in [0.15, 0.2) is 109 Å². The molecule has 65 heavy (non-hydrogen) atoms. The Hall–Kier alpha value is -3.93. The highest BCUT2D eigenvalue weighted by molar-refractivity contribution is 5.71. The molecule has 0 bridgehead atoms. The molecule has 0 saturated carbocycles. The quantitative estimate of drug-likeness (QED) is 0.0262. The van der Waals surface area contributed by atoms with Crippen molar-refractivity contribution in [3.05, 3.63) is 109 Å². The summed E-state index contributed by atoms with van der Waals surface area (Å²) in [6.45, 7) is 6.45. The number of carbonyl (C=O) groups is 3. The highest BCUT2D eigenvalue weighted by Gasteiger charge is 2.19. The zero-order valence-electron chi connectivity index (χ0n) is 42.0. The third-order valence-electron chi connectivity index (χ3n) is 10.8. The molecule has 0 radical (unpaired) electrons. The predicted molar refractivity (Wildman–Crippen MR) is 279 cm³/mol. The van der Waals surface area contributed by atoms with Crippen molar-refractivity contribution in [2.75, 3.05) is 13.2 Å². The Labute approximate surface area is 400 Å². The number of hydrogen-bond acceptors (Lipinski definition) is 6. The fourth-order valence-electron chi connectivity index (χ4n) is 6.77. The Morgan fingerprint density at radius 3 is 1.00 bits per heavy atom. The first kappa shape index (κ1) is 61.1. The second-order valence-corrected chi connectivity index (χ2v) is 17.1. The summed E-state index contributed by atoms with van der Waals surface area (Å²) in [5.74, 6) is -1.07. The second-order valence-electron chi connectivity index (χ2n) is 17.1. The molecule has 0 aliphatic heterocycles. The van der Waals surface area contributed by atoms with Crippen molar-refractivity contribution >= 4 is 17.9 Å². The molecule has 0 aromatic heterocycles. The number of rotatable bonds is 46. The van der Waals surface area contributed by atoms with Crippen molar-refractivity contribution in [3.63, 3.8) is 0 Å². The van der Waals surface area contributed by atoms with Crippen LogP contribution in [0.1, 0.15) is 226 Å². The molecule has 0 N–H and O–H groups in total. The lowest BCUT2D eigenvalue weighted by molar-refractivity contribution is -0.166. The summed E-state index contributed by atoms with van der Waals surface area (Å²) in [6.07, 6.45) is 70.9. The summed E-state index contributed by atoms with van der Waals surface area (Å²) in [4.78, 5) is 37.9. The van der Waals surface area contributed by atoms with Gasteiger partial charge in [-0.15, -0.1) is 0 Å². The molecule has 6 nitrogen and oxygen atoms in total. The van der Waals surface area contributed by atoms with E-state index in [4.69, 9.17) is 14.2 Å². The zero-order chi connectivity index (χ0) is 47.2. The summed E-state index contributed by atoms with van der Waals surface area (Å²) in [6, 6.07) is 0. The van der Waals surface area contributed by atoms with E-state index in [-0.39, 0.29) is 44.0 Å². The number of carbonyl (C=O) groups excluding carboxylic acids is 3. The molecule has 368 valence electrons. The van der Waals surface area contributed by atoms with Crippen molar-refractivity contribution < 1.29 is 28.6 Å². The van der Waals surface area contributed by atoms with Gasteiger partial charge in [-0.2, -0.15) is 0 Å². The molecule has 0 amide bonds. The highest BCUT2D eigenvalue weighted by atomic mass is 16.6. The first-order valence-electron chi connectivity index (χ1n) is 26.4. The monoisotopic (exact) mass is 901 g/mol. The fourth-order valence-corrected chi connectivity index (χ4v) is 6.77. The lowest BCUT2D eigenvalue weighted by atomic mass is 10.1. The average molecular weight is 901 g/mol. The molecule has 1 atom stereocenters. The zero-order valence-corrected chi connectivity index (χ0v) is 42.0. The smallest absolute Gasteiger partial charge is 0.306 e. The maximum absolute atomic E-state index is 12.8. The normalized spacial score (nSPS) is 13.0. The van der Waals surface area contributed by atoms with Crippen molar-refractivity contribution in [3.8, 4) is 0 Å². The Kier molecular flexibility index (Phi) is 49.5. The molecular formula is C59H96O6. The van der Waals surface area contributed by atoms with Gasteiger partial charge in [0.2, 0.25) is 0 Å². The van der Waals surface area contributed by atoms with Crippen LogP contribution in [0.25, 0.3) is 0 Å². The van der Waals surface area contributed by atoms with Crippen LogP contribution in [0.2, 0.25) is 0 Å². The third kappa shape index (κ3) is 50.9. The molecule has 0 aromatic carbocycles. The Morgan fingerprint density at radius 2 is 0.600 bits per heavy atom. The molecule has 0 aliphatic carbocycles. The minimum atomic E-state index is -0.829. The van der Waals surface area contributed by atoms with E-state index in [0.29, 0.717) is 19.3 Å². The number of allylic oxidation sites excluding steroid dienone is 18. The number of ether oxygens (including phenoxy) is 3. The molecule has 0 aromatic rings. The summed E-state index contributed by atoms with van der Waals surface area (Å²) < 4.78 is 16.7. The topological polar surface area (TPSA) is 78.9 Å². The lowest BCUT2D eigenvalue weighted by Gasteiger charge is -2.18. The van der Waals surface area contributed by atoms with Crippen LogP contribution < -0.4 is 0 Å². The van der Waals surface area contributed by atoms with Crippen LogP contribution >= 0.6 is 0 Å². The molecule has 6 heteroatoms. The van der Waals surface area contributed by atoms with Crippen molar-refractivity contribution in [2.24, 2.45) is 0 Å². The van der Waals surface area contributed by atoms with E-state index < -0.39 is 6.10 Å². The van der Waals surface area contributed by atoms with Crippen LogP contribution in [-0.4, -0.2) is 37.2 Å². The van der Waals surface area contributed by atoms with Gasteiger partial charge in [0.05, 0.1) is 0 Å². The fraction of sp³-hybridized carbons (Fsp3) is 0.644. The largest absolute Gasteiger partial charge is 0.462 e. The van der Waals surface area contributed by atoms with Gasteiger partial charge in [0.15, 0.2) is 6.10 Å². The maximum Gasteiger partial charge on any atom is 0.306 e. The molecular weight excluding hydrogens is 805 g/mol. The SMILES string of the molecule is CCCCC/C=C\C/C=C\C/C=C\C/C=C\C/C=C\CCC(=O)OC[C@H](COC(=O)CCC/C=C\C/C=C\C/C=C\C/C=C\CCCCC)OC(=O)CCCCCCCCCCCCC. The second kappa shape index (κ2) is 52.7. The minimum absolute atomic E-state index is 0.130. The van der Waals surface area contributed by atoms with Gasteiger partial charge in [-0.05, 0) is 96.3 Å². The van der Waals surface area contributed by atoms with Gasteiger partial charge >= 0.3 is 17.9 Å². The van der Waals surface area contributed by atoms with Crippen LogP contribution in [-0.2, 0) is 28.6 Å².